The number of nitrogens with two attached hydrogens (primary N) is 1. The Hall–Kier alpha value is -5.82. The molecular formula is C33H28N4O6. The topological polar surface area (TPSA) is 136 Å². The Balaban J connectivity index is 1.77. The summed E-state index contributed by atoms with van der Waals surface area (Å²) in [7, 11) is 2.38. The van der Waals surface area contributed by atoms with Crippen molar-refractivity contribution in [2.75, 3.05) is 25.7 Å². The molecule has 3 heterocycles. The van der Waals surface area contributed by atoms with Crippen molar-refractivity contribution in [1.82, 2.24) is 4.40 Å². The van der Waals surface area contributed by atoms with E-state index in [1.54, 1.807) is 67.7 Å². The lowest BCUT2D eigenvalue weighted by Gasteiger charge is -2.36. The molecule has 1 aliphatic rings. The van der Waals surface area contributed by atoms with Crippen molar-refractivity contribution in [3.8, 4) is 17.2 Å². The molecule has 1 unspecified atom stereocenters. The van der Waals surface area contributed by atoms with Crippen LogP contribution in [-0.4, -0.2) is 43.1 Å². The van der Waals surface area contributed by atoms with Crippen molar-refractivity contribution in [2.45, 2.75) is 12.8 Å². The van der Waals surface area contributed by atoms with E-state index in [4.69, 9.17) is 19.9 Å². The second-order valence-electron chi connectivity index (χ2n) is 9.52. The number of methoxy groups -OCH3 is 2. The number of nitriles is 1. The van der Waals surface area contributed by atoms with E-state index in [1.807, 2.05) is 28.8 Å². The molecule has 10 nitrogen and oxygen atoms in total. The Labute approximate surface area is 247 Å². The zero-order valence-electron chi connectivity index (χ0n) is 23.7. The van der Waals surface area contributed by atoms with Crippen LogP contribution < -0.4 is 10.6 Å². The number of carbonyl (C=O) groups is 3. The highest BCUT2D eigenvalue weighted by molar-refractivity contribution is 6.07. The summed E-state index contributed by atoms with van der Waals surface area (Å²) in [6.07, 6.45) is 3.62. The Morgan fingerprint density at radius 1 is 0.930 bits per heavy atom. The molecule has 0 saturated heterocycles. The van der Waals surface area contributed by atoms with Gasteiger partial charge in [0.2, 0.25) is 0 Å². The molecular weight excluding hydrogens is 548 g/mol. The van der Waals surface area contributed by atoms with Gasteiger partial charge in [0, 0.05) is 23.6 Å². The molecule has 0 saturated carbocycles. The van der Waals surface area contributed by atoms with Crippen LogP contribution in [0.4, 0.5) is 5.69 Å². The van der Waals surface area contributed by atoms with Gasteiger partial charge in [0.1, 0.15) is 11.5 Å². The Bertz CT molecular complexity index is 1850. The van der Waals surface area contributed by atoms with Gasteiger partial charge in [0.15, 0.2) is 0 Å². The van der Waals surface area contributed by atoms with E-state index in [0.717, 1.165) is 0 Å². The third-order valence-corrected chi connectivity index (χ3v) is 7.19. The molecule has 1 aliphatic heterocycles. The monoisotopic (exact) mass is 576 g/mol. The van der Waals surface area contributed by atoms with E-state index in [-0.39, 0.29) is 29.3 Å². The lowest BCUT2D eigenvalue weighted by atomic mass is 9.81. The first-order valence-corrected chi connectivity index (χ1v) is 13.4. The summed E-state index contributed by atoms with van der Waals surface area (Å²) in [6.45, 7) is 1.93. The van der Waals surface area contributed by atoms with E-state index < -0.39 is 23.8 Å². The van der Waals surface area contributed by atoms with Gasteiger partial charge in [-0.1, -0.05) is 48.5 Å². The van der Waals surface area contributed by atoms with E-state index in [2.05, 4.69) is 6.07 Å². The Morgan fingerprint density at radius 3 is 2.33 bits per heavy atom. The zero-order chi connectivity index (χ0) is 30.7. The number of aromatic nitrogens is 1. The maximum absolute atomic E-state index is 13.4. The SMILES string of the molecule is CCOC(=O)c1c(-c2cccc(N3C(N)=C(C#N)C(c4ccccc4)C(C(=O)OC)=C3C(=O)OC)c2)cn2ccccc12. The van der Waals surface area contributed by atoms with Crippen LogP contribution in [0.5, 0.6) is 0 Å². The lowest BCUT2D eigenvalue weighted by molar-refractivity contribution is -0.139. The van der Waals surface area contributed by atoms with Gasteiger partial charge in [-0.2, -0.15) is 5.26 Å². The number of pyridine rings is 1. The summed E-state index contributed by atoms with van der Waals surface area (Å²) in [5, 5.41) is 10.3. The molecule has 10 heteroatoms. The van der Waals surface area contributed by atoms with Crippen molar-refractivity contribution in [1.29, 1.82) is 5.26 Å². The fraction of sp³-hybridized carbons (Fsp3) is 0.152. The number of esters is 3. The first-order chi connectivity index (χ1) is 20.9. The molecule has 0 fully saturated rings. The van der Waals surface area contributed by atoms with Crippen molar-refractivity contribution >= 4 is 29.1 Å². The average molecular weight is 577 g/mol. The molecule has 216 valence electrons. The highest BCUT2D eigenvalue weighted by Gasteiger charge is 2.43. The molecule has 4 aromatic rings. The maximum Gasteiger partial charge on any atom is 0.355 e. The number of hydrogen-bond acceptors (Lipinski definition) is 9. The molecule has 0 bridgehead atoms. The maximum atomic E-state index is 13.4. The minimum absolute atomic E-state index is 0.0477. The Morgan fingerprint density at radius 2 is 1.65 bits per heavy atom. The normalized spacial score (nSPS) is 14.8. The molecule has 2 aromatic heterocycles. The van der Waals surface area contributed by atoms with E-state index in [9.17, 15) is 19.6 Å². The van der Waals surface area contributed by atoms with Crippen molar-refractivity contribution < 1.29 is 28.6 Å². The first kappa shape index (κ1) is 28.7. The number of nitrogens with zero attached hydrogens (tertiary/aromatic N) is 3. The first-order valence-electron chi connectivity index (χ1n) is 13.4. The minimum Gasteiger partial charge on any atom is -0.466 e. The summed E-state index contributed by atoms with van der Waals surface area (Å²) < 4.78 is 17.4. The van der Waals surface area contributed by atoms with Gasteiger partial charge in [-0.25, -0.2) is 14.4 Å². The Kier molecular flexibility index (Phi) is 7.98. The second-order valence-corrected chi connectivity index (χ2v) is 9.52. The van der Waals surface area contributed by atoms with E-state index >= 15 is 0 Å². The van der Waals surface area contributed by atoms with Crippen LogP contribution >= 0.6 is 0 Å². The van der Waals surface area contributed by atoms with Gasteiger partial charge in [0.25, 0.3) is 0 Å². The zero-order valence-corrected chi connectivity index (χ0v) is 23.7. The second kappa shape index (κ2) is 12.0. The van der Waals surface area contributed by atoms with Crippen molar-refractivity contribution in [3.63, 3.8) is 0 Å². The molecule has 0 spiro atoms. The number of ether oxygens (including phenoxy) is 3. The van der Waals surface area contributed by atoms with Crippen LogP contribution in [0.2, 0.25) is 0 Å². The van der Waals surface area contributed by atoms with Crippen molar-refractivity contribution in [3.05, 3.63) is 119 Å². The van der Waals surface area contributed by atoms with Gasteiger partial charge in [0.05, 0.1) is 55.0 Å². The molecule has 0 aliphatic carbocycles. The molecule has 5 rings (SSSR count). The number of carbonyl (C=O) groups excluding carboxylic acids is 3. The van der Waals surface area contributed by atoms with Crippen LogP contribution in [0.1, 0.15) is 28.8 Å². The highest BCUT2D eigenvalue weighted by Crippen LogP contribution is 2.44. The van der Waals surface area contributed by atoms with Gasteiger partial charge >= 0.3 is 17.9 Å². The van der Waals surface area contributed by atoms with E-state index in [0.29, 0.717) is 33.5 Å². The largest absolute Gasteiger partial charge is 0.466 e. The van der Waals surface area contributed by atoms with Gasteiger partial charge in [-0.3, -0.25) is 4.90 Å². The molecule has 0 amide bonds. The molecule has 2 N–H and O–H groups in total. The van der Waals surface area contributed by atoms with Gasteiger partial charge in [-0.15, -0.1) is 0 Å². The minimum atomic E-state index is -0.987. The fourth-order valence-electron chi connectivity index (χ4n) is 5.35. The number of allylic oxidation sites excluding steroid dienone is 1. The third kappa shape index (κ3) is 4.97. The van der Waals surface area contributed by atoms with Crippen LogP contribution in [0.25, 0.3) is 16.6 Å². The number of fused-ring (bicyclic) bond motifs is 1. The summed E-state index contributed by atoms with van der Waals surface area (Å²) in [5.74, 6) is -3.21. The van der Waals surface area contributed by atoms with Crippen LogP contribution in [-0.2, 0) is 23.8 Å². The summed E-state index contributed by atoms with van der Waals surface area (Å²) in [4.78, 5) is 41.2. The highest BCUT2D eigenvalue weighted by atomic mass is 16.5. The predicted molar refractivity (Wildman–Crippen MR) is 158 cm³/mol. The molecule has 43 heavy (non-hydrogen) atoms. The smallest absolute Gasteiger partial charge is 0.355 e. The molecule has 0 radical (unpaired) electrons. The van der Waals surface area contributed by atoms with Crippen LogP contribution in [0, 0.1) is 11.3 Å². The van der Waals surface area contributed by atoms with Gasteiger partial charge < -0.3 is 24.3 Å². The lowest BCUT2D eigenvalue weighted by Crippen LogP contribution is -2.40. The summed E-state index contributed by atoms with van der Waals surface area (Å²) >= 11 is 0. The number of rotatable bonds is 7. The third-order valence-electron chi connectivity index (χ3n) is 7.19. The van der Waals surface area contributed by atoms with Crippen molar-refractivity contribution in [2.24, 2.45) is 5.73 Å². The molecule has 2 aromatic carbocycles. The standard InChI is InChI=1S/C33H28N4O6/c1-4-43-32(39)27-24(19-36-16-9-8-15-25(27)36)21-13-10-14-22(17-21)37-29(33(40)42-3)28(31(38)41-2)26(23(18-34)30(37)35)20-11-6-5-7-12-20/h5-17,19,26H,4,35H2,1-3H3. The predicted octanol–water partition coefficient (Wildman–Crippen LogP) is 4.68. The van der Waals surface area contributed by atoms with Crippen LogP contribution in [0.15, 0.2) is 108 Å². The average Bonchev–Trinajstić information content (AvgIpc) is 3.44. The van der Waals surface area contributed by atoms with Crippen LogP contribution in [0.3, 0.4) is 0 Å². The quantitative estimate of drug-likeness (QED) is 0.246. The number of hydrogen-bond donors (Lipinski definition) is 1. The van der Waals surface area contributed by atoms with Gasteiger partial charge in [-0.05, 0) is 42.3 Å². The summed E-state index contributed by atoms with van der Waals surface area (Å²) in [5.41, 5.74) is 9.52. The number of benzene rings is 2. The fourth-order valence-corrected chi connectivity index (χ4v) is 5.35. The van der Waals surface area contributed by atoms with E-state index in [1.165, 1.54) is 19.1 Å². The summed E-state index contributed by atoms with van der Waals surface area (Å²) in [6, 6.07) is 23.3. The number of anilines is 1. The molecule has 1 atom stereocenters.